The number of nitrogens with one attached hydrogen (secondary N) is 2. The van der Waals surface area contributed by atoms with Crippen molar-refractivity contribution < 1.29 is 9.30 Å². The summed E-state index contributed by atoms with van der Waals surface area (Å²) in [5, 5.41) is 7.77. The van der Waals surface area contributed by atoms with Crippen LogP contribution in [0.15, 0.2) is 42.6 Å². The molecule has 1 aliphatic rings. The zero-order chi connectivity index (χ0) is 24.3. The first-order valence-corrected chi connectivity index (χ1v) is 13.9. The lowest BCUT2D eigenvalue weighted by atomic mass is 9.99. The summed E-state index contributed by atoms with van der Waals surface area (Å²) < 4.78 is 19.1. The Balaban J connectivity index is 1.65. The number of nitrogens with zero attached hydrogens (tertiary/aromatic N) is 3. The average molecular weight is 500 g/mol. The molecule has 0 unspecified atom stereocenters. The van der Waals surface area contributed by atoms with Gasteiger partial charge < -0.3 is 24.8 Å². The first-order valence-electron chi connectivity index (χ1n) is 11.5. The molecule has 2 aromatic carbocycles. The van der Waals surface area contributed by atoms with E-state index >= 15 is 0 Å². The number of methoxy groups -OCH3 is 1. The Morgan fingerprint density at radius 1 is 1.12 bits per heavy atom. The van der Waals surface area contributed by atoms with E-state index in [2.05, 4.69) is 44.7 Å². The highest BCUT2D eigenvalue weighted by molar-refractivity contribution is 7.71. The molecule has 0 atom stereocenters. The number of benzene rings is 2. The minimum Gasteiger partial charge on any atom is -0.495 e. The summed E-state index contributed by atoms with van der Waals surface area (Å²) in [6, 6.07) is 11.8. The fourth-order valence-electron chi connectivity index (χ4n) is 4.26. The Morgan fingerprint density at radius 2 is 1.88 bits per heavy atom. The summed E-state index contributed by atoms with van der Waals surface area (Å²) in [7, 11) is 1.28. The van der Waals surface area contributed by atoms with E-state index in [1.807, 2.05) is 38.1 Å². The van der Waals surface area contributed by atoms with Gasteiger partial charge in [0.25, 0.3) is 0 Å². The second-order valence-corrected chi connectivity index (χ2v) is 12.4. The van der Waals surface area contributed by atoms with Crippen LogP contribution < -0.4 is 20.7 Å². The van der Waals surface area contributed by atoms with E-state index in [9.17, 15) is 4.57 Å². The third-order valence-electron chi connectivity index (χ3n) is 6.33. The standard InChI is InChI=1S/C25H31ClN5O2P/c1-5-34(32,6-2)23-10-8-7-9-20(23)28-24-19(26)15-27-25(30-24)29-21-13-18-16-31(3)12-11-17(18)14-22(21)33-4/h7-10,13-15H,5-6,11-12,16H2,1-4H3,(H2,27,28,29,30). The van der Waals surface area contributed by atoms with Gasteiger partial charge in [-0.05, 0) is 48.9 Å². The summed E-state index contributed by atoms with van der Waals surface area (Å²) in [6.07, 6.45) is 3.74. The van der Waals surface area contributed by atoms with Crippen LogP contribution in [-0.2, 0) is 17.5 Å². The average Bonchev–Trinajstić information content (AvgIpc) is 2.85. The van der Waals surface area contributed by atoms with Crippen molar-refractivity contribution in [1.82, 2.24) is 14.9 Å². The first-order chi connectivity index (χ1) is 16.4. The van der Waals surface area contributed by atoms with Gasteiger partial charge in [-0.1, -0.05) is 37.6 Å². The van der Waals surface area contributed by atoms with Gasteiger partial charge in [0.2, 0.25) is 5.95 Å². The molecule has 0 amide bonds. The molecule has 7 nitrogen and oxygen atoms in total. The zero-order valence-electron chi connectivity index (χ0n) is 20.1. The Hall–Kier alpha value is -2.60. The molecular weight excluding hydrogens is 469 g/mol. The van der Waals surface area contributed by atoms with E-state index < -0.39 is 7.14 Å². The van der Waals surface area contributed by atoms with E-state index in [1.54, 1.807) is 13.3 Å². The molecule has 0 spiro atoms. The van der Waals surface area contributed by atoms with E-state index in [4.69, 9.17) is 16.3 Å². The minimum atomic E-state index is -2.50. The molecule has 0 saturated carbocycles. The number of fused-ring (bicyclic) bond motifs is 1. The fourth-order valence-corrected chi connectivity index (χ4v) is 6.45. The first kappa shape index (κ1) is 24.5. The molecule has 180 valence electrons. The SMILES string of the molecule is CCP(=O)(CC)c1ccccc1Nc1nc(Nc2cc3c(cc2OC)CCN(C)C3)ncc1Cl. The molecule has 0 fully saturated rings. The Kier molecular flexibility index (Phi) is 7.46. The molecule has 9 heteroatoms. The second kappa shape index (κ2) is 10.3. The van der Waals surface area contributed by atoms with Crippen LogP contribution in [0.1, 0.15) is 25.0 Å². The van der Waals surface area contributed by atoms with Crippen molar-refractivity contribution in [1.29, 1.82) is 0 Å². The van der Waals surface area contributed by atoms with Crippen molar-refractivity contribution in [2.45, 2.75) is 26.8 Å². The van der Waals surface area contributed by atoms with Crippen LogP contribution in [0.5, 0.6) is 5.75 Å². The highest BCUT2D eigenvalue weighted by atomic mass is 35.5. The van der Waals surface area contributed by atoms with Crippen LogP contribution in [0.3, 0.4) is 0 Å². The minimum absolute atomic E-state index is 0.377. The molecule has 3 aromatic rings. The van der Waals surface area contributed by atoms with Crippen molar-refractivity contribution in [2.24, 2.45) is 0 Å². The Bertz CT molecular complexity index is 1230. The molecule has 34 heavy (non-hydrogen) atoms. The van der Waals surface area contributed by atoms with Crippen LogP contribution in [-0.4, -0.2) is 47.9 Å². The van der Waals surface area contributed by atoms with Crippen LogP contribution in [0.4, 0.5) is 23.1 Å². The third-order valence-corrected chi connectivity index (χ3v) is 9.92. The maximum absolute atomic E-state index is 13.4. The number of anilines is 4. The highest BCUT2D eigenvalue weighted by Crippen LogP contribution is 2.46. The van der Waals surface area contributed by atoms with Gasteiger partial charge in [-0.15, -0.1) is 0 Å². The third kappa shape index (κ3) is 5.07. The predicted molar refractivity (Wildman–Crippen MR) is 141 cm³/mol. The molecule has 0 aliphatic carbocycles. The topological polar surface area (TPSA) is 79.4 Å². The van der Waals surface area contributed by atoms with Crippen LogP contribution in [0.2, 0.25) is 5.02 Å². The van der Waals surface area contributed by atoms with Crippen molar-refractivity contribution in [2.75, 3.05) is 43.7 Å². The van der Waals surface area contributed by atoms with E-state index in [0.717, 1.165) is 41.9 Å². The molecule has 1 aromatic heterocycles. The number of halogens is 1. The van der Waals surface area contributed by atoms with Crippen molar-refractivity contribution in [3.63, 3.8) is 0 Å². The van der Waals surface area contributed by atoms with Crippen molar-refractivity contribution in [3.8, 4) is 5.75 Å². The lowest BCUT2D eigenvalue weighted by Crippen LogP contribution is -2.26. The van der Waals surface area contributed by atoms with Crippen LogP contribution >= 0.6 is 18.7 Å². The smallest absolute Gasteiger partial charge is 0.229 e. The van der Waals surface area contributed by atoms with Gasteiger partial charge in [0.05, 0.1) is 24.7 Å². The highest BCUT2D eigenvalue weighted by Gasteiger charge is 2.24. The molecule has 1 aliphatic heterocycles. The maximum atomic E-state index is 13.4. The van der Waals surface area contributed by atoms with Gasteiger partial charge in [-0.2, -0.15) is 4.98 Å². The van der Waals surface area contributed by atoms with E-state index in [1.165, 1.54) is 11.1 Å². The van der Waals surface area contributed by atoms with Crippen LogP contribution in [0, 0.1) is 0 Å². The summed E-state index contributed by atoms with van der Waals surface area (Å²) >= 11 is 6.44. The number of para-hydroxylation sites is 1. The molecule has 0 saturated heterocycles. The monoisotopic (exact) mass is 499 g/mol. The van der Waals surface area contributed by atoms with Gasteiger partial charge in [-0.3, -0.25) is 0 Å². The molecule has 2 N–H and O–H groups in total. The quantitative estimate of drug-likeness (QED) is 0.388. The summed E-state index contributed by atoms with van der Waals surface area (Å²) in [4.78, 5) is 11.3. The van der Waals surface area contributed by atoms with Gasteiger partial charge in [-0.25, -0.2) is 4.98 Å². The Morgan fingerprint density at radius 3 is 2.62 bits per heavy atom. The molecular formula is C25H31ClN5O2P. The Labute approximate surface area is 206 Å². The van der Waals surface area contributed by atoms with Crippen molar-refractivity contribution >= 4 is 47.2 Å². The van der Waals surface area contributed by atoms with Gasteiger partial charge in [0.1, 0.15) is 17.9 Å². The second-order valence-electron chi connectivity index (χ2n) is 8.49. The number of rotatable bonds is 8. The summed E-state index contributed by atoms with van der Waals surface area (Å²) in [6.45, 7) is 5.84. The van der Waals surface area contributed by atoms with Gasteiger partial charge >= 0.3 is 0 Å². The molecule has 2 heterocycles. The largest absolute Gasteiger partial charge is 0.495 e. The molecule has 0 radical (unpaired) electrons. The lowest BCUT2D eigenvalue weighted by Gasteiger charge is -2.26. The number of hydrogen-bond donors (Lipinski definition) is 2. The summed E-state index contributed by atoms with van der Waals surface area (Å²) in [5.74, 6) is 1.58. The van der Waals surface area contributed by atoms with Gasteiger partial charge in [0.15, 0.2) is 5.82 Å². The maximum Gasteiger partial charge on any atom is 0.229 e. The number of ether oxygens (including phenoxy) is 1. The molecule has 0 bridgehead atoms. The zero-order valence-corrected chi connectivity index (χ0v) is 21.7. The fraction of sp³-hybridized carbons (Fsp3) is 0.360. The van der Waals surface area contributed by atoms with E-state index in [0.29, 0.717) is 29.1 Å². The van der Waals surface area contributed by atoms with Crippen LogP contribution in [0.25, 0.3) is 0 Å². The predicted octanol–water partition coefficient (Wildman–Crippen LogP) is 5.64. The normalized spacial score (nSPS) is 13.9. The van der Waals surface area contributed by atoms with E-state index in [-0.39, 0.29) is 0 Å². The van der Waals surface area contributed by atoms with Crippen molar-refractivity contribution in [3.05, 3.63) is 58.7 Å². The summed E-state index contributed by atoms with van der Waals surface area (Å²) in [5.41, 5.74) is 4.10. The lowest BCUT2D eigenvalue weighted by molar-refractivity contribution is 0.312. The number of hydrogen-bond acceptors (Lipinski definition) is 7. The van der Waals surface area contributed by atoms with Gasteiger partial charge in [0, 0.05) is 30.7 Å². The number of aromatic nitrogens is 2. The molecule has 4 rings (SSSR count). The number of likely N-dealkylation sites (N-methyl/N-ethyl adjacent to an activating group) is 1.